The van der Waals surface area contributed by atoms with Gasteiger partial charge in [0.05, 0.1) is 0 Å². The van der Waals surface area contributed by atoms with Gasteiger partial charge in [0.1, 0.15) is 0 Å². The molecule has 0 heterocycles. The third kappa shape index (κ3) is 1.66. The lowest BCUT2D eigenvalue weighted by Crippen LogP contribution is -2.10. The van der Waals surface area contributed by atoms with Gasteiger partial charge < -0.3 is 0 Å². The maximum Gasteiger partial charge on any atom is -0.0205 e. The Morgan fingerprint density at radius 2 is 1.73 bits per heavy atom. The fourth-order valence-corrected chi connectivity index (χ4v) is 2.62. The third-order valence-electron chi connectivity index (χ3n) is 3.30. The summed E-state index contributed by atoms with van der Waals surface area (Å²) in [4.78, 5) is 0. The molecule has 0 spiro atoms. The number of hydrogen-bond acceptors (Lipinski definition) is 0. The van der Waals surface area contributed by atoms with Crippen molar-refractivity contribution in [2.24, 2.45) is 11.8 Å². The van der Waals surface area contributed by atoms with Gasteiger partial charge in [-0.25, -0.2) is 0 Å². The molecule has 1 unspecified atom stereocenters. The molecule has 0 aromatic rings. The molecule has 0 aliphatic heterocycles. The second-order valence-electron chi connectivity index (χ2n) is 4.07. The zero-order valence-electron chi connectivity index (χ0n) is 7.26. The van der Waals surface area contributed by atoms with Crippen molar-refractivity contribution in [2.75, 3.05) is 0 Å². The Labute approximate surface area is 69.7 Å². The average Bonchev–Trinajstić information content (AvgIpc) is 2.58. The largest absolute Gasteiger partial charge is 0.0882 e. The SMILES string of the molecule is C1=CC(C2CCCC2)CCC1. The summed E-state index contributed by atoms with van der Waals surface area (Å²) in [6, 6.07) is 0. The van der Waals surface area contributed by atoms with Crippen molar-refractivity contribution < 1.29 is 0 Å². The fourth-order valence-electron chi connectivity index (χ4n) is 2.62. The maximum atomic E-state index is 2.49. The van der Waals surface area contributed by atoms with Crippen molar-refractivity contribution in [3.8, 4) is 0 Å². The number of hydrogen-bond donors (Lipinski definition) is 0. The van der Waals surface area contributed by atoms with Gasteiger partial charge in [-0.15, -0.1) is 0 Å². The normalized spacial score (nSPS) is 32.9. The quantitative estimate of drug-likeness (QED) is 0.502. The first-order valence-electron chi connectivity index (χ1n) is 5.13. The molecule has 0 nitrogen and oxygen atoms in total. The Bertz CT molecular complexity index is 140. The highest BCUT2D eigenvalue weighted by molar-refractivity contribution is 4.96. The van der Waals surface area contributed by atoms with Gasteiger partial charge in [-0.2, -0.15) is 0 Å². The molecule has 2 rings (SSSR count). The van der Waals surface area contributed by atoms with E-state index < -0.39 is 0 Å². The van der Waals surface area contributed by atoms with Crippen LogP contribution in [-0.4, -0.2) is 0 Å². The standard InChI is InChI=1S/C11H18/c1-2-6-10(7-3-1)11-8-4-5-9-11/h2,6,10-11H,1,3-5,7-9H2. The second-order valence-corrected chi connectivity index (χ2v) is 4.07. The summed E-state index contributed by atoms with van der Waals surface area (Å²) in [7, 11) is 0. The van der Waals surface area contributed by atoms with Gasteiger partial charge in [0.15, 0.2) is 0 Å². The smallest absolute Gasteiger partial charge is 0.0205 e. The van der Waals surface area contributed by atoms with E-state index in [0.29, 0.717) is 0 Å². The van der Waals surface area contributed by atoms with Gasteiger partial charge in [0.2, 0.25) is 0 Å². The van der Waals surface area contributed by atoms with E-state index in [4.69, 9.17) is 0 Å². The molecule has 0 heteroatoms. The van der Waals surface area contributed by atoms with E-state index in [0.717, 1.165) is 11.8 Å². The van der Waals surface area contributed by atoms with Crippen LogP contribution in [0, 0.1) is 11.8 Å². The maximum absolute atomic E-state index is 2.49. The molecule has 2 aliphatic rings. The van der Waals surface area contributed by atoms with Gasteiger partial charge in [-0.05, 0) is 43.9 Å². The molecule has 0 N–H and O–H groups in total. The van der Waals surface area contributed by atoms with Crippen molar-refractivity contribution in [3.05, 3.63) is 12.2 Å². The Kier molecular flexibility index (Phi) is 2.30. The van der Waals surface area contributed by atoms with Gasteiger partial charge in [0, 0.05) is 0 Å². The van der Waals surface area contributed by atoms with Gasteiger partial charge >= 0.3 is 0 Å². The lowest BCUT2D eigenvalue weighted by Gasteiger charge is -2.22. The molecule has 62 valence electrons. The van der Waals surface area contributed by atoms with Crippen molar-refractivity contribution in [1.29, 1.82) is 0 Å². The molecule has 1 saturated carbocycles. The summed E-state index contributed by atoms with van der Waals surface area (Å²) in [5.41, 5.74) is 0. The minimum atomic E-state index is 0.964. The summed E-state index contributed by atoms with van der Waals surface area (Å²) in [5, 5.41) is 0. The van der Waals surface area contributed by atoms with Crippen LogP contribution in [0.3, 0.4) is 0 Å². The van der Waals surface area contributed by atoms with Gasteiger partial charge in [-0.1, -0.05) is 25.0 Å². The van der Waals surface area contributed by atoms with E-state index in [1.165, 1.54) is 44.9 Å². The van der Waals surface area contributed by atoms with E-state index in [1.807, 2.05) is 0 Å². The number of rotatable bonds is 1. The highest BCUT2D eigenvalue weighted by Crippen LogP contribution is 2.36. The molecule has 0 aromatic heterocycles. The Morgan fingerprint density at radius 3 is 2.36 bits per heavy atom. The molecule has 2 aliphatic carbocycles. The molecule has 0 radical (unpaired) electrons. The van der Waals surface area contributed by atoms with Gasteiger partial charge in [-0.3, -0.25) is 0 Å². The van der Waals surface area contributed by atoms with Crippen molar-refractivity contribution >= 4 is 0 Å². The number of allylic oxidation sites excluding steroid dienone is 2. The fraction of sp³-hybridized carbons (Fsp3) is 0.818. The van der Waals surface area contributed by atoms with Crippen LogP contribution in [0.15, 0.2) is 12.2 Å². The lowest BCUT2D eigenvalue weighted by atomic mass is 9.84. The first-order valence-corrected chi connectivity index (χ1v) is 5.13. The first-order chi connectivity index (χ1) is 5.47. The molecule has 1 atom stereocenters. The Balaban J connectivity index is 1.91. The summed E-state index contributed by atoms with van der Waals surface area (Å²) in [6.45, 7) is 0. The monoisotopic (exact) mass is 150 g/mol. The molecule has 11 heavy (non-hydrogen) atoms. The topological polar surface area (TPSA) is 0 Å². The van der Waals surface area contributed by atoms with Crippen LogP contribution in [0.25, 0.3) is 0 Å². The minimum Gasteiger partial charge on any atom is -0.0882 e. The van der Waals surface area contributed by atoms with E-state index in [9.17, 15) is 0 Å². The van der Waals surface area contributed by atoms with Gasteiger partial charge in [0.25, 0.3) is 0 Å². The third-order valence-corrected chi connectivity index (χ3v) is 3.30. The predicted octanol–water partition coefficient (Wildman–Crippen LogP) is 3.53. The van der Waals surface area contributed by atoms with Crippen molar-refractivity contribution in [2.45, 2.75) is 44.9 Å². The Hall–Kier alpha value is -0.260. The van der Waals surface area contributed by atoms with Crippen LogP contribution in [-0.2, 0) is 0 Å². The highest BCUT2D eigenvalue weighted by atomic mass is 14.3. The van der Waals surface area contributed by atoms with E-state index in [-0.39, 0.29) is 0 Å². The highest BCUT2D eigenvalue weighted by Gasteiger charge is 2.23. The van der Waals surface area contributed by atoms with Crippen LogP contribution < -0.4 is 0 Å². The summed E-state index contributed by atoms with van der Waals surface area (Å²) >= 11 is 0. The van der Waals surface area contributed by atoms with Crippen LogP contribution >= 0.6 is 0 Å². The summed E-state index contributed by atoms with van der Waals surface area (Å²) < 4.78 is 0. The molecule has 0 aromatic carbocycles. The molecule has 1 fully saturated rings. The van der Waals surface area contributed by atoms with Crippen LogP contribution in [0.1, 0.15) is 44.9 Å². The van der Waals surface area contributed by atoms with E-state index in [1.54, 1.807) is 0 Å². The molecular weight excluding hydrogens is 132 g/mol. The molecular formula is C11H18. The van der Waals surface area contributed by atoms with Crippen LogP contribution in [0.2, 0.25) is 0 Å². The van der Waals surface area contributed by atoms with E-state index in [2.05, 4.69) is 12.2 Å². The average molecular weight is 150 g/mol. The van der Waals surface area contributed by atoms with Crippen molar-refractivity contribution in [1.82, 2.24) is 0 Å². The van der Waals surface area contributed by atoms with Crippen LogP contribution in [0.5, 0.6) is 0 Å². The zero-order valence-corrected chi connectivity index (χ0v) is 7.26. The first kappa shape index (κ1) is 7.39. The molecule has 0 saturated heterocycles. The second kappa shape index (κ2) is 3.42. The zero-order chi connectivity index (χ0) is 7.52. The van der Waals surface area contributed by atoms with E-state index >= 15 is 0 Å². The minimum absolute atomic E-state index is 0.964. The lowest BCUT2D eigenvalue weighted by molar-refractivity contribution is 0.366. The summed E-state index contributed by atoms with van der Waals surface area (Å²) in [6.07, 6.45) is 15.1. The Morgan fingerprint density at radius 1 is 0.909 bits per heavy atom. The molecule has 0 amide bonds. The van der Waals surface area contributed by atoms with Crippen molar-refractivity contribution in [3.63, 3.8) is 0 Å². The van der Waals surface area contributed by atoms with Crippen LogP contribution in [0.4, 0.5) is 0 Å². The summed E-state index contributed by atoms with van der Waals surface area (Å²) in [5.74, 6) is 2.03. The predicted molar refractivity (Wildman–Crippen MR) is 48.4 cm³/mol. The molecule has 0 bridgehead atoms.